The number of aromatic nitrogens is 3. The van der Waals surface area contributed by atoms with Gasteiger partial charge in [-0.3, -0.25) is 0 Å². The molecule has 7 heteroatoms. The van der Waals surface area contributed by atoms with Crippen molar-refractivity contribution in [3.63, 3.8) is 0 Å². The van der Waals surface area contributed by atoms with E-state index in [9.17, 15) is 4.79 Å². The summed E-state index contributed by atoms with van der Waals surface area (Å²) in [5.41, 5.74) is 0.818. The van der Waals surface area contributed by atoms with Crippen LogP contribution in [-0.4, -0.2) is 32.6 Å². The number of ether oxygens (including phenoxy) is 1. The zero-order chi connectivity index (χ0) is 15.8. The predicted molar refractivity (Wildman–Crippen MR) is 81.0 cm³/mol. The van der Waals surface area contributed by atoms with E-state index >= 15 is 0 Å². The second-order valence-electron chi connectivity index (χ2n) is 4.62. The molecule has 0 aliphatic rings. The molecular weight excluding hydrogens is 284 g/mol. The fourth-order valence-electron chi connectivity index (χ4n) is 1.72. The van der Waals surface area contributed by atoms with Crippen LogP contribution >= 0.6 is 0 Å². The Labute approximate surface area is 128 Å². The number of nitrogens with one attached hydrogen (secondary N) is 1. The van der Waals surface area contributed by atoms with Gasteiger partial charge in [0.05, 0.1) is 19.0 Å². The molecule has 0 unspecified atom stereocenters. The van der Waals surface area contributed by atoms with Crippen molar-refractivity contribution in [3.8, 4) is 5.88 Å². The average molecular weight is 302 g/mol. The molecule has 0 amide bonds. The van der Waals surface area contributed by atoms with Gasteiger partial charge in [-0.05, 0) is 12.5 Å². The fraction of sp³-hybridized carbons (Fsp3) is 0.333. The number of rotatable bonds is 8. The summed E-state index contributed by atoms with van der Waals surface area (Å²) in [6, 6.07) is 3.75. The maximum atomic E-state index is 10.7. The van der Waals surface area contributed by atoms with Crippen molar-refractivity contribution in [2.75, 3.05) is 11.9 Å². The molecule has 0 saturated heterocycles. The second-order valence-corrected chi connectivity index (χ2v) is 4.62. The Morgan fingerprint density at radius 2 is 2.18 bits per heavy atom. The van der Waals surface area contributed by atoms with Crippen LogP contribution in [0.3, 0.4) is 0 Å². The number of carboxylic acid groups (broad SMARTS) is 1. The highest BCUT2D eigenvalue weighted by Crippen LogP contribution is 2.16. The highest BCUT2D eigenvalue weighted by atomic mass is 16.5. The van der Waals surface area contributed by atoms with Crippen molar-refractivity contribution in [1.82, 2.24) is 15.0 Å². The molecule has 0 bridgehead atoms. The van der Waals surface area contributed by atoms with Crippen LogP contribution in [0.2, 0.25) is 0 Å². The molecule has 2 heterocycles. The first-order valence-corrected chi connectivity index (χ1v) is 7.06. The van der Waals surface area contributed by atoms with Gasteiger partial charge in [0.15, 0.2) is 5.69 Å². The number of pyridine rings is 1. The predicted octanol–water partition coefficient (Wildman–Crippen LogP) is 2.36. The van der Waals surface area contributed by atoms with Crippen LogP contribution in [0.4, 0.5) is 5.82 Å². The molecule has 0 spiro atoms. The molecule has 0 aliphatic carbocycles. The first kappa shape index (κ1) is 15.7. The highest BCUT2D eigenvalue weighted by molar-refractivity contribution is 5.84. The summed E-state index contributed by atoms with van der Waals surface area (Å²) in [6.07, 6.45) is 6.33. The van der Waals surface area contributed by atoms with E-state index in [2.05, 4.69) is 27.2 Å². The summed E-state index contributed by atoms with van der Waals surface area (Å²) in [4.78, 5) is 22.7. The highest BCUT2D eigenvalue weighted by Gasteiger charge is 2.07. The largest absolute Gasteiger partial charge is 0.477 e. The van der Waals surface area contributed by atoms with Crippen molar-refractivity contribution in [2.45, 2.75) is 26.3 Å². The Morgan fingerprint density at radius 1 is 1.32 bits per heavy atom. The van der Waals surface area contributed by atoms with Crippen LogP contribution in [0, 0.1) is 0 Å². The van der Waals surface area contributed by atoms with E-state index in [-0.39, 0.29) is 5.69 Å². The zero-order valence-electron chi connectivity index (χ0n) is 12.3. The van der Waals surface area contributed by atoms with E-state index in [4.69, 9.17) is 9.84 Å². The van der Waals surface area contributed by atoms with Gasteiger partial charge in [-0.2, -0.15) is 0 Å². The Bertz CT molecular complexity index is 616. The number of aromatic carboxylic acids is 1. The minimum Gasteiger partial charge on any atom is -0.477 e. The van der Waals surface area contributed by atoms with E-state index in [0.29, 0.717) is 24.8 Å². The summed E-state index contributed by atoms with van der Waals surface area (Å²) in [7, 11) is 0. The third-order valence-electron chi connectivity index (χ3n) is 2.92. The summed E-state index contributed by atoms with van der Waals surface area (Å²) in [5, 5.41) is 11.8. The number of nitrogens with zero attached hydrogens (tertiary/aromatic N) is 3. The van der Waals surface area contributed by atoms with Crippen molar-refractivity contribution in [3.05, 3.63) is 42.0 Å². The molecule has 0 aromatic carbocycles. The van der Waals surface area contributed by atoms with Gasteiger partial charge in [0.1, 0.15) is 5.82 Å². The molecule has 116 valence electrons. The molecule has 0 saturated carbocycles. The smallest absolute Gasteiger partial charge is 0.356 e. The third kappa shape index (κ3) is 4.41. The number of unbranched alkanes of at least 4 members (excludes halogenated alkanes) is 1. The van der Waals surface area contributed by atoms with Gasteiger partial charge in [-0.25, -0.2) is 19.7 Å². The molecule has 0 aliphatic heterocycles. The first-order chi connectivity index (χ1) is 10.7. The van der Waals surface area contributed by atoms with Gasteiger partial charge in [0.2, 0.25) is 5.88 Å². The summed E-state index contributed by atoms with van der Waals surface area (Å²) < 4.78 is 5.65. The Morgan fingerprint density at radius 3 is 2.86 bits per heavy atom. The lowest BCUT2D eigenvalue weighted by Crippen LogP contribution is -2.08. The summed E-state index contributed by atoms with van der Waals surface area (Å²) in [5.74, 6) is -0.00940. The van der Waals surface area contributed by atoms with Crippen LogP contribution in [0.5, 0.6) is 5.88 Å². The van der Waals surface area contributed by atoms with Gasteiger partial charge >= 0.3 is 5.97 Å². The number of anilines is 1. The third-order valence-corrected chi connectivity index (χ3v) is 2.92. The zero-order valence-corrected chi connectivity index (χ0v) is 12.3. The maximum absolute atomic E-state index is 10.7. The molecule has 22 heavy (non-hydrogen) atoms. The van der Waals surface area contributed by atoms with E-state index in [1.807, 2.05) is 12.1 Å². The molecule has 0 fully saturated rings. The summed E-state index contributed by atoms with van der Waals surface area (Å²) >= 11 is 0. The van der Waals surface area contributed by atoms with Crippen molar-refractivity contribution < 1.29 is 14.6 Å². The van der Waals surface area contributed by atoms with E-state index in [1.165, 1.54) is 12.4 Å². The van der Waals surface area contributed by atoms with Gasteiger partial charge in [0.25, 0.3) is 0 Å². The molecule has 2 rings (SSSR count). The van der Waals surface area contributed by atoms with Crippen LogP contribution in [0.15, 0.2) is 30.7 Å². The molecule has 2 N–H and O–H groups in total. The standard InChI is InChI=1S/C15H18N4O3/c1-2-3-7-22-14-11(5-4-6-16-14)8-18-13-10-17-12(9-19-13)15(20)21/h4-6,9-10H,2-3,7-8H2,1H3,(H,18,19)(H,20,21). The lowest BCUT2D eigenvalue weighted by Gasteiger charge is -2.11. The van der Waals surface area contributed by atoms with Gasteiger partial charge in [0, 0.05) is 18.3 Å². The second kappa shape index (κ2) is 7.92. The number of carboxylic acids is 1. The van der Waals surface area contributed by atoms with Crippen molar-refractivity contribution in [1.29, 1.82) is 0 Å². The topological polar surface area (TPSA) is 97.2 Å². The molecule has 2 aromatic heterocycles. The minimum absolute atomic E-state index is 0.0875. The van der Waals surface area contributed by atoms with E-state index in [0.717, 1.165) is 18.4 Å². The molecular formula is C15H18N4O3. The monoisotopic (exact) mass is 302 g/mol. The van der Waals surface area contributed by atoms with Crippen LogP contribution < -0.4 is 10.1 Å². The summed E-state index contributed by atoms with van der Waals surface area (Å²) in [6.45, 7) is 3.20. The van der Waals surface area contributed by atoms with Crippen molar-refractivity contribution in [2.24, 2.45) is 0 Å². The van der Waals surface area contributed by atoms with E-state index < -0.39 is 5.97 Å². The molecule has 0 radical (unpaired) electrons. The molecule has 7 nitrogen and oxygen atoms in total. The Balaban J connectivity index is 1.97. The number of carbonyl (C=O) groups is 1. The van der Waals surface area contributed by atoms with Crippen molar-refractivity contribution >= 4 is 11.8 Å². The van der Waals surface area contributed by atoms with Gasteiger partial charge < -0.3 is 15.2 Å². The normalized spacial score (nSPS) is 10.2. The molecule has 0 atom stereocenters. The SMILES string of the molecule is CCCCOc1ncccc1CNc1cnc(C(=O)O)cn1. The molecule has 2 aromatic rings. The minimum atomic E-state index is -1.10. The lowest BCUT2D eigenvalue weighted by molar-refractivity contribution is 0.0690. The van der Waals surface area contributed by atoms with Crippen LogP contribution in [0.25, 0.3) is 0 Å². The average Bonchev–Trinajstić information content (AvgIpc) is 2.54. The Kier molecular flexibility index (Phi) is 5.65. The first-order valence-electron chi connectivity index (χ1n) is 7.06. The Hall–Kier alpha value is -2.70. The quantitative estimate of drug-likeness (QED) is 0.722. The maximum Gasteiger partial charge on any atom is 0.356 e. The van der Waals surface area contributed by atoms with Crippen LogP contribution in [-0.2, 0) is 6.54 Å². The van der Waals surface area contributed by atoms with Crippen LogP contribution in [0.1, 0.15) is 35.8 Å². The fourth-order valence-corrected chi connectivity index (χ4v) is 1.72. The van der Waals surface area contributed by atoms with Gasteiger partial charge in [-0.1, -0.05) is 19.4 Å². The number of hydrogen-bond donors (Lipinski definition) is 2. The lowest BCUT2D eigenvalue weighted by atomic mass is 10.2. The van der Waals surface area contributed by atoms with E-state index in [1.54, 1.807) is 6.20 Å². The van der Waals surface area contributed by atoms with Gasteiger partial charge in [-0.15, -0.1) is 0 Å². The number of hydrogen-bond acceptors (Lipinski definition) is 6.